The Morgan fingerprint density at radius 2 is 1.36 bits per heavy atom. The average Bonchev–Trinajstić information content (AvgIpc) is 3.66. The smallest absolute Gasteiger partial charge is 0.870 e. The van der Waals surface area contributed by atoms with Gasteiger partial charge in [-0.2, -0.15) is 10.5 Å². The topological polar surface area (TPSA) is 233 Å². The zero-order valence-corrected chi connectivity index (χ0v) is 26.4. The predicted molar refractivity (Wildman–Crippen MR) is 157 cm³/mol. The van der Waals surface area contributed by atoms with E-state index in [2.05, 4.69) is 33.0 Å². The molecule has 0 fully saturated rings. The number of nitrogens with zero attached hydrogens (tertiary/aromatic N) is 6. The van der Waals surface area contributed by atoms with Gasteiger partial charge in [-0.05, 0) is 5.71 Å². The number of oxime groups is 1. The number of hydrogen-bond donors (Lipinski definition) is 2. The van der Waals surface area contributed by atoms with E-state index in [0.29, 0.717) is 11.6 Å². The first-order chi connectivity index (χ1) is 19.3. The second kappa shape index (κ2) is 20.8. The summed E-state index contributed by atoms with van der Waals surface area (Å²) in [5.41, 5.74) is 11.7. The molecule has 0 spiro atoms. The standard InChI is InChI=1S/C13H10N4O2S.C10H8ClNS.C3H2N3O.Na.H2O/c14-6-11(12(15)18)17-19-7-10-8-20-13(16-10)9-4-2-1-3-5-9;11-6-9-7-13-10(12-9)8-4-2-1-3-5-8;4-1-2(5)3(6)7;;/h1-5,8H,7H2,(H2,15,18);1-5,7H,6H2;(H2,6,7);;1H2/q;;-1;+1;/p-1. The molecule has 0 bridgehead atoms. The van der Waals surface area contributed by atoms with Crippen molar-refractivity contribution in [2.24, 2.45) is 16.6 Å². The number of primary amides is 2. The summed E-state index contributed by atoms with van der Waals surface area (Å²) in [5, 5.41) is 33.3. The van der Waals surface area contributed by atoms with Crippen molar-refractivity contribution in [3.63, 3.8) is 0 Å². The Morgan fingerprint density at radius 1 is 0.881 bits per heavy atom. The molecule has 0 radical (unpaired) electrons. The van der Waals surface area contributed by atoms with Crippen LogP contribution in [-0.4, -0.2) is 38.7 Å². The van der Waals surface area contributed by atoms with Crippen molar-refractivity contribution < 1.29 is 49.5 Å². The van der Waals surface area contributed by atoms with E-state index >= 15 is 0 Å². The maximum atomic E-state index is 10.7. The molecule has 0 aliphatic rings. The first-order valence-corrected chi connectivity index (χ1v) is 13.3. The summed E-state index contributed by atoms with van der Waals surface area (Å²) >= 11 is 8.78. The Hall–Kier alpha value is -3.99. The SMILES string of the molecule is ClCc1csc(-c2ccccc2)n1.N#CC(=NOCc1csc(-c2ccccc2)n1)C(N)=O.N#CC(=[N-])C(N)=O.[Na+].[OH-]. The number of amides is 2. The van der Waals surface area contributed by atoms with E-state index in [4.69, 9.17) is 38.1 Å². The van der Waals surface area contributed by atoms with E-state index in [1.807, 2.05) is 59.3 Å². The van der Waals surface area contributed by atoms with Gasteiger partial charge < -0.3 is 27.2 Å². The molecule has 4 aromatic rings. The maximum Gasteiger partial charge on any atom is 1.00 e. The van der Waals surface area contributed by atoms with Crippen LogP contribution in [0.15, 0.2) is 76.6 Å². The third-order valence-corrected chi connectivity index (χ3v) is 6.48. The number of halogens is 1. The van der Waals surface area contributed by atoms with E-state index in [9.17, 15) is 9.59 Å². The van der Waals surface area contributed by atoms with Crippen molar-refractivity contribution in [3.05, 3.63) is 88.2 Å². The van der Waals surface area contributed by atoms with Crippen molar-refractivity contribution in [2.75, 3.05) is 0 Å². The monoisotopic (exact) mass is 631 g/mol. The van der Waals surface area contributed by atoms with Crippen molar-refractivity contribution >= 4 is 57.5 Å². The molecule has 0 saturated heterocycles. The first kappa shape index (κ1) is 38.0. The van der Waals surface area contributed by atoms with Crippen LogP contribution in [0.4, 0.5) is 0 Å². The van der Waals surface area contributed by atoms with Crippen LogP contribution >= 0.6 is 34.3 Å². The fraction of sp³-hybridized carbons (Fsp3) is 0.0769. The molecule has 2 aromatic heterocycles. The summed E-state index contributed by atoms with van der Waals surface area (Å²) in [5.74, 6) is -1.53. The van der Waals surface area contributed by atoms with Gasteiger partial charge in [-0.15, -0.1) is 34.3 Å². The number of rotatable bonds is 8. The average molecular weight is 632 g/mol. The summed E-state index contributed by atoms with van der Waals surface area (Å²) in [6.45, 7) is 0.0712. The molecule has 0 saturated carbocycles. The number of aromatic nitrogens is 2. The molecule has 12 nitrogen and oxygen atoms in total. The van der Waals surface area contributed by atoms with Gasteiger partial charge in [0.2, 0.25) is 11.6 Å². The van der Waals surface area contributed by atoms with Crippen LogP contribution in [0, 0.1) is 22.7 Å². The van der Waals surface area contributed by atoms with Crippen LogP contribution in [0.2, 0.25) is 0 Å². The van der Waals surface area contributed by atoms with Gasteiger partial charge in [0.25, 0.3) is 5.91 Å². The molecule has 2 heterocycles. The van der Waals surface area contributed by atoms with E-state index in [1.54, 1.807) is 17.4 Å². The van der Waals surface area contributed by atoms with Crippen LogP contribution in [0.5, 0.6) is 0 Å². The molecule has 0 aliphatic carbocycles. The first-order valence-electron chi connectivity index (χ1n) is 11.0. The molecule has 0 aliphatic heterocycles. The third kappa shape index (κ3) is 13.1. The van der Waals surface area contributed by atoms with Crippen LogP contribution in [0.3, 0.4) is 0 Å². The van der Waals surface area contributed by atoms with Crippen LogP contribution < -0.4 is 41.0 Å². The molecule has 4 rings (SSSR count). The van der Waals surface area contributed by atoms with E-state index < -0.39 is 23.2 Å². The van der Waals surface area contributed by atoms with Crippen LogP contribution in [0.25, 0.3) is 26.6 Å². The fourth-order valence-electron chi connectivity index (χ4n) is 2.51. The minimum atomic E-state index is -1.09. The molecular weight excluding hydrogens is 611 g/mol. The third-order valence-electron chi connectivity index (χ3n) is 4.33. The van der Waals surface area contributed by atoms with Gasteiger partial charge >= 0.3 is 29.6 Å². The normalized spacial score (nSPS) is 9.45. The summed E-state index contributed by atoms with van der Waals surface area (Å²) in [6.07, 6.45) is 0. The fourth-order valence-corrected chi connectivity index (χ4v) is 4.37. The Balaban J connectivity index is 0.000000660. The van der Waals surface area contributed by atoms with Gasteiger partial charge in [-0.25, -0.2) is 9.97 Å². The zero-order valence-electron chi connectivity index (χ0n) is 22.0. The summed E-state index contributed by atoms with van der Waals surface area (Å²) in [4.78, 5) is 34.0. The van der Waals surface area contributed by atoms with Gasteiger partial charge in [0, 0.05) is 21.9 Å². The molecule has 0 atom stereocenters. The van der Waals surface area contributed by atoms with Gasteiger partial charge in [0.15, 0.2) is 6.61 Å². The second-order valence-electron chi connectivity index (χ2n) is 7.17. The number of hydrogen-bond acceptors (Lipinski definition) is 11. The Morgan fingerprint density at radius 3 is 1.71 bits per heavy atom. The molecule has 16 heteroatoms. The molecule has 210 valence electrons. The number of carbonyl (C=O) groups is 2. The van der Waals surface area contributed by atoms with Gasteiger partial charge in [-0.1, -0.05) is 65.8 Å². The van der Waals surface area contributed by atoms with Gasteiger partial charge in [0.1, 0.15) is 16.1 Å². The number of carbonyl (C=O) groups excluding carboxylic acids is 2. The molecular formula is C26H21ClN8NaO4S2-. The van der Waals surface area contributed by atoms with Crippen LogP contribution in [0.1, 0.15) is 11.4 Å². The molecule has 5 N–H and O–H groups in total. The molecule has 2 amide bonds. The van der Waals surface area contributed by atoms with Crippen molar-refractivity contribution in [1.82, 2.24) is 9.97 Å². The Labute approximate surface area is 276 Å². The van der Waals surface area contributed by atoms with Crippen molar-refractivity contribution in [2.45, 2.75) is 12.5 Å². The molecule has 42 heavy (non-hydrogen) atoms. The molecule has 0 unspecified atom stereocenters. The zero-order chi connectivity index (χ0) is 29.3. The summed E-state index contributed by atoms with van der Waals surface area (Å²) in [7, 11) is 0. The predicted octanol–water partition coefficient (Wildman–Crippen LogP) is 1.07. The van der Waals surface area contributed by atoms with Gasteiger partial charge in [0.05, 0.1) is 23.3 Å². The number of nitriles is 2. The maximum absolute atomic E-state index is 10.7. The Kier molecular flexibility index (Phi) is 18.8. The van der Waals surface area contributed by atoms with E-state index in [1.165, 1.54) is 11.3 Å². The number of alkyl halides is 1. The summed E-state index contributed by atoms with van der Waals surface area (Å²) < 4.78 is 0. The largest absolute Gasteiger partial charge is 1.00 e. The number of benzene rings is 2. The quantitative estimate of drug-likeness (QED) is 0.123. The van der Waals surface area contributed by atoms with E-state index in [0.717, 1.165) is 32.9 Å². The minimum absolute atomic E-state index is 0. The van der Waals surface area contributed by atoms with E-state index in [-0.39, 0.29) is 41.6 Å². The number of nitrogens with two attached hydrogens (primary N) is 2. The number of thiazole rings is 2. The summed E-state index contributed by atoms with van der Waals surface area (Å²) in [6, 6.07) is 22.6. The molecule has 2 aromatic carbocycles. The van der Waals surface area contributed by atoms with Crippen LogP contribution in [-0.2, 0) is 26.9 Å². The minimum Gasteiger partial charge on any atom is -0.870 e. The second-order valence-corrected chi connectivity index (χ2v) is 9.15. The van der Waals surface area contributed by atoms with Crippen molar-refractivity contribution in [3.8, 4) is 33.3 Å². The van der Waals surface area contributed by atoms with Crippen molar-refractivity contribution in [1.29, 1.82) is 10.5 Å². The van der Waals surface area contributed by atoms with Gasteiger partial charge in [-0.3, -0.25) is 9.59 Å². The Bertz CT molecular complexity index is 1550.